The maximum atomic E-state index is 5.85. The summed E-state index contributed by atoms with van der Waals surface area (Å²) < 4.78 is 17.5. The molecule has 2 bridgehead atoms. The quantitative estimate of drug-likeness (QED) is 0.836. The fourth-order valence-electron chi connectivity index (χ4n) is 2.57. The van der Waals surface area contributed by atoms with Crippen molar-refractivity contribution in [3.63, 3.8) is 0 Å². The van der Waals surface area contributed by atoms with Crippen LogP contribution in [0, 0.1) is 13.8 Å². The summed E-state index contributed by atoms with van der Waals surface area (Å²) in [4.78, 5) is 0. The predicted molar refractivity (Wildman–Crippen MR) is 79.1 cm³/mol. The van der Waals surface area contributed by atoms with Crippen molar-refractivity contribution in [3.8, 4) is 0 Å². The average molecular weight is 280 g/mol. The summed E-state index contributed by atoms with van der Waals surface area (Å²) in [6.45, 7) is 4.61. The number of rotatable bonds is 2. The van der Waals surface area contributed by atoms with Crippen LogP contribution in [-0.4, -0.2) is 6.61 Å². The largest absolute Gasteiger partial charge is 0.406 e. The van der Waals surface area contributed by atoms with Gasteiger partial charge >= 0.3 is 5.97 Å². The SMILES string of the molecule is Cc1ccc(C2=C3OC(c4ccc(C)cc4)(OC2)O3)cc1. The number of hydrogen-bond donors (Lipinski definition) is 0. The smallest absolute Gasteiger partial charge is 0.393 e. The molecule has 0 spiro atoms. The number of ether oxygens (including phenoxy) is 3. The highest BCUT2D eigenvalue weighted by Gasteiger charge is 2.54. The first-order valence-corrected chi connectivity index (χ1v) is 7.06. The second-order valence-corrected chi connectivity index (χ2v) is 5.55. The molecule has 0 unspecified atom stereocenters. The van der Waals surface area contributed by atoms with Gasteiger partial charge in [0.2, 0.25) is 0 Å². The lowest BCUT2D eigenvalue weighted by Gasteiger charge is -2.46. The molecule has 3 nitrogen and oxygen atoms in total. The molecule has 0 aliphatic carbocycles. The minimum Gasteiger partial charge on any atom is -0.393 e. The molecule has 1 fully saturated rings. The Morgan fingerprint density at radius 3 is 1.90 bits per heavy atom. The predicted octanol–water partition coefficient (Wildman–Crippen LogP) is 3.86. The molecule has 3 aliphatic heterocycles. The van der Waals surface area contributed by atoms with E-state index in [4.69, 9.17) is 14.2 Å². The van der Waals surface area contributed by atoms with Gasteiger partial charge in [-0.05, 0) is 31.5 Å². The molecular formula is C18H16O3. The number of hydrogen-bond acceptors (Lipinski definition) is 3. The molecule has 21 heavy (non-hydrogen) atoms. The molecule has 0 radical (unpaired) electrons. The molecule has 3 aliphatic rings. The Balaban J connectivity index is 1.63. The molecular weight excluding hydrogens is 264 g/mol. The van der Waals surface area contributed by atoms with Crippen LogP contribution in [0.5, 0.6) is 0 Å². The van der Waals surface area contributed by atoms with Crippen molar-refractivity contribution in [2.75, 3.05) is 6.61 Å². The zero-order valence-electron chi connectivity index (χ0n) is 12.1. The van der Waals surface area contributed by atoms with Crippen LogP contribution in [-0.2, 0) is 20.2 Å². The second kappa shape index (κ2) is 4.37. The van der Waals surface area contributed by atoms with Gasteiger partial charge in [0.05, 0.1) is 17.7 Å². The highest BCUT2D eigenvalue weighted by molar-refractivity contribution is 5.69. The highest BCUT2D eigenvalue weighted by Crippen LogP contribution is 2.49. The van der Waals surface area contributed by atoms with Gasteiger partial charge in [0, 0.05) is 0 Å². The highest BCUT2D eigenvalue weighted by atomic mass is 17.0. The minimum atomic E-state index is -1.04. The molecule has 0 atom stereocenters. The molecule has 0 saturated carbocycles. The molecule has 3 heterocycles. The lowest BCUT2D eigenvalue weighted by molar-refractivity contribution is -0.474. The normalized spacial score (nSPS) is 18.6. The van der Waals surface area contributed by atoms with Crippen molar-refractivity contribution >= 4 is 5.57 Å². The number of aryl methyl sites for hydroxylation is 2. The van der Waals surface area contributed by atoms with Crippen molar-refractivity contribution in [3.05, 3.63) is 76.7 Å². The third-order valence-corrected chi connectivity index (χ3v) is 3.91. The van der Waals surface area contributed by atoms with E-state index in [1.807, 2.05) is 31.2 Å². The van der Waals surface area contributed by atoms with Gasteiger partial charge in [-0.25, -0.2) is 0 Å². The zero-order chi connectivity index (χ0) is 14.4. The summed E-state index contributed by atoms with van der Waals surface area (Å²) in [6, 6.07) is 16.3. The second-order valence-electron chi connectivity index (χ2n) is 5.55. The van der Waals surface area contributed by atoms with Gasteiger partial charge in [0.1, 0.15) is 0 Å². The van der Waals surface area contributed by atoms with Gasteiger partial charge in [0.15, 0.2) is 0 Å². The first-order chi connectivity index (χ1) is 10.2. The standard InChI is InChI=1S/C18H16O3/c1-12-3-7-14(8-4-12)16-11-19-18(20-17(16)21-18)15-9-5-13(2)6-10-15/h3-10H,11H2,1-2H3. The lowest BCUT2D eigenvalue weighted by Crippen LogP contribution is -2.49. The summed E-state index contributed by atoms with van der Waals surface area (Å²) >= 11 is 0. The van der Waals surface area contributed by atoms with E-state index in [-0.39, 0.29) is 0 Å². The van der Waals surface area contributed by atoms with Crippen LogP contribution in [0.25, 0.3) is 5.57 Å². The Kier molecular flexibility index (Phi) is 2.59. The summed E-state index contributed by atoms with van der Waals surface area (Å²) in [7, 11) is 0. The molecule has 3 heteroatoms. The van der Waals surface area contributed by atoms with Crippen molar-refractivity contribution in [1.82, 2.24) is 0 Å². The van der Waals surface area contributed by atoms with Gasteiger partial charge in [-0.2, -0.15) is 0 Å². The topological polar surface area (TPSA) is 27.7 Å². The fraction of sp³-hybridized carbons (Fsp3) is 0.222. The van der Waals surface area contributed by atoms with Gasteiger partial charge in [0.25, 0.3) is 5.95 Å². The van der Waals surface area contributed by atoms with E-state index in [1.54, 1.807) is 0 Å². The van der Waals surface area contributed by atoms with Crippen LogP contribution in [0.2, 0.25) is 0 Å². The Labute approximate surface area is 123 Å². The number of benzene rings is 2. The third-order valence-electron chi connectivity index (χ3n) is 3.91. The Hall–Kier alpha value is -2.26. The lowest BCUT2D eigenvalue weighted by atomic mass is 10.0. The van der Waals surface area contributed by atoms with E-state index < -0.39 is 5.97 Å². The molecule has 0 amide bonds. The summed E-state index contributed by atoms with van der Waals surface area (Å²) in [6.07, 6.45) is 0. The molecule has 106 valence electrons. The van der Waals surface area contributed by atoms with Crippen LogP contribution < -0.4 is 0 Å². The van der Waals surface area contributed by atoms with Gasteiger partial charge in [-0.15, -0.1) is 0 Å². The Morgan fingerprint density at radius 1 is 0.810 bits per heavy atom. The average Bonchev–Trinajstić information content (AvgIpc) is 2.48. The Morgan fingerprint density at radius 2 is 1.38 bits per heavy atom. The first kappa shape index (κ1) is 12.5. The summed E-state index contributed by atoms with van der Waals surface area (Å²) in [5.74, 6) is -0.470. The van der Waals surface area contributed by atoms with Gasteiger partial charge < -0.3 is 9.47 Å². The van der Waals surface area contributed by atoms with Gasteiger partial charge in [-0.3, -0.25) is 4.74 Å². The molecule has 0 N–H and O–H groups in total. The molecule has 2 aromatic carbocycles. The van der Waals surface area contributed by atoms with Crippen molar-refractivity contribution in [2.24, 2.45) is 0 Å². The third kappa shape index (κ3) is 1.93. The van der Waals surface area contributed by atoms with Gasteiger partial charge in [-0.1, -0.05) is 47.5 Å². The molecule has 5 rings (SSSR count). The summed E-state index contributed by atoms with van der Waals surface area (Å²) in [5.41, 5.74) is 5.35. The van der Waals surface area contributed by atoms with Crippen LogP contribution in [0.1, 0.15) is 22.3 Å². The van der Waals surface area contributed by atoms with Crippen LogP contribution in [0.15, 0.2) is 54.5 Å². The summed E-state index contributed by atoms with van der Waals surface area (Å²) in [5, 5.41) is 0. The molecule has 2 aromatic rings. The zero-order valence-corrected chi connectivity index (χ0v) is 12.1. The number of fused-ring (bicyclic) bond motifs is 2. The van der Waals surface area contributed by atoms with E-state index in [0.29, 0.717) is 12.6 Å². The maximum Gasteiger partial charge on any atom is 0.406 e. The van der Waals surface area contributed by atoms with E-state index in [2.05, 4.69) is 31.2 Å². The minimum absolute atomic E-state index is 0.492. The van der Waals surface area contributed by atoms with Crippen LogP contribution in [0.3, 0.4) is 0 Å². The monoisotopic (exact) mass is 280 g/mol. The van der Waals surface area contributed by atoms with E-state index >= 15 is 0 Å². The fourth-order valence-corrected chi connectivity index (χ4v) is 2.57. The maximum absolute atomic E-state index is 5.85. The van der Waals surface area contributed by atoms with E-state index in [0.717, 1.165) is 16.7 Å². The van der Waals surface area contributed by atoms with E-state index in [9.17, 15) is 0 Å². The van der Waals surface area contributed by atoms with Crippen molar-refractivity contribution in [2.45, 2.75) is 19.8 Å². The molecule has 0 aromatic heterocycles. The van der Waals surface area contributed by atoms with E-state index in [1.165, 1.54) is 11.1 Å². The van der Waals surface area contributed by atoms with Crippen molar-refractivity contribution < 1.29 is 14.2 Å². The Bertz CT molecular complexity index is 703. The van der Waals surface area contributed by atoms with Crippen LogP contribution in [0.4, 0.5) is 0 Å². The first-order valence-electron chi connectivity index (χ1n) is 7.06. The van der Waals surface area contributed by atoms with Crippen LogP contribution >= 0.6 is 0 Å². The van der Waals surface area contributed by atoms with Crippen molar-refractivity contribution in [1.29, 1.82) is 0 Å². The molecule has 1 saturated heterocycles.